The van der Waals surface area contributed by atoms with Gasteiger partial charge in [0.15, 0.2) is 0 Å². The van der Waals surface area contributed by atoms with E-state index in [9.17, 15) is 0 Å². The number of benzene rings is 1. The van der Waals surface area contributed by atoms with Gasteiger partial charge < -0.3 is 14.6 Å². The summed E-state index contributed by atoms with van der Waals surface area (Å²) in [5.41, 5.74) is 3.21. The lowest BCUT2D eigenvalue weighted by atomic mass is 9.80. The second-order valence-corrected chi connectivity index (χ2v) is 12.2. The quantitative estimate of drug-likeness (QED) is 0.493. The summed E-state index contributed by atoms with van der Waals surface area (Å²) in [5.74, 6) is 0.990. The average molecular weight is 447 g/mol. The minimum atomic E-state index is -0.419. The second-order valence-electron chi connectivity index (χ2n) is 12.2. The summed E-state index contributed by atoms with van der Waals surface area (Å²) in [6, 6.07) is 14.5. The van der Waals surface area contributed by atoms with Gasteiger partial charge in [0.1, 0.15) is 17.2 Å². The molecule has 4 rings (SSSR count). The van der Waals surface area contributed by atoms with Crippen LogP contribution in [0.3, 0.4) is 0 Å². The Labute approximate surface area is 199 Å². The molecule has 176 valence electrons. The van der Waals surface area contributed by atoms with E-state index in [2.05, 4.69) is 115 Å². The zero-order chi connectivity index (χ0) is 24.2. The number of nitrogens with one attached hydrogen (secondary N) is 1. The number of aromatic nitrogens is 2. The third-order valence-electron chi connectivity index (χ3n) is 6.64. The Morgan fingerprint density at radius 3 is 2.09 bits per heavy atom. The molecular weight excluding hydrogens is 409 g/mol. The second kappa shape index (κ2) is 7.88. The Kier molecular flexibility index (Phi) is 5.69. The molecule has 0 spiro atoms. The first-order chi connectivity index (χ1) is 15.2. The van der Waals surface area contributed by atoms with Gasteiger partial charge in [-0.15, -0.1) is 0 Å². The van der Waals surface area contributed by atoms with Crippen LogP contribution >= 0.6 is 0 Å². The van der Waals surface area contributed by atoms with Gasteiger partial charge in [-0.2, -0.15) is 0 Å². The molecule has 3 aromatic rings. The topological polar surface area (TPSA) is 47.8 Å². The van der Waals surface area contributed by atoms with Gasteiger partial charge in [0, 0.05) is 17.3 Å². The molecule has 1 N–H and O–H groups in total. The highest BCUT2D eigenvalue weighted by molar-refractivity contribution is 6.62. The van der Waals surface area contributed by atoms with Crippen molar-refractivity contribution < 1.29 is 9.31 Å². The van der Waals surface area contributed by atoms with Crippen molar-refractivity contribution in [1.29, 1.82) is 0 Å². The van der Waals surface area contributed by atoms with Crippen molar-refractivity contribution in [2.24, 2.45) is 5.41 Å². The van der Waals surface area contributed by atoms with E-state index in [1.807, 2.05) is 6.07 Å². The van der Waals surface area contributed by atoms with E-state index < -0.39 is 7.12 Å². The van der Waals surface area contributed by atoms with Crippen LogP contribution in [0.25, 0.3) is 16.9 Å². The van der Waals surface area contributed by atoms with Crippen LogP contribution in [0.5, 0.6) is 0 Å². The number of fused-ring (bicyclic) bond motifs is 1. The first kappa shape index (κ1) is 23.8. The van der Waals surface area contributed by atoms with Crippen molar-refractivity contribution in [1.82, 2.24) is 9.38 Å². The molecule has 1 aliphatic heterocycles. The summed E-state index contributed by atoms with van der Waals surface area (Å²) in [6.45, 7) is 19.7. The third-order valence-corrected chi connectivity index (χ3v) is 6.64. The van der Waals surface area contributed by atoms with Crippen molar-refractivity contribution in [3.63, 3.8) is 0 Å². The van der Waals surface area contributed by atoms with Crippen LogP contribution in [-0.2, 0) is 9.31 Å². The lowest BCUT2D eigenvalue weighted by Gasteiger charge is -2.34. The molecule has 2 aromatic heterocycles. The average Bonchev–Trinajstić information content (AvgIpc) is 3.13. The summed E-state index contributed by atoms with van der Waals surface area (Å²) >= 11 is 0. The standard InChI is InChI=1S/C27H38BN3O2/c1-24(2,3)18-25(4,5)30-23-22(19-13-11-10-12-14-19)29-21-16-15-20(17-31(21)23)28-32-26(6,7)27(8,9)33-28/h10-17,30H,18H2,1-9H3. The summed E-state index contributed by atoms with van der Waals surface area (Å²) in [4.78, 5) is 5.01. The van der Waals surface area contributed by atoms with Crippen molar-refractivity contribution in [2.75, 3.05) is 5.32 Å². The molecule has 0 atom stereocenters. The van der Waals surface area contributed by atoms with Crippen molar-refractivity contribution in [3.05, 3.63) is 48.7 Å². The Hall–Kier alpha value is -2.31. The van der Waals surface area contributed by atoms with Gasteiger partial charge >= 0.3 is 7.12 Å². The van der Waals surface area contributed by atoms with E-state index in [1.165, 1.54) is 0 Å². The summed E-state index contributed by atoms with van der Waals surface area (Å²) in [7, 11) is -0.419. The van der Waals surface area contributed by atoms with Crippen LogP contribution in [0.15, 0.2) is 48.7 Å². The largest absolute Gasteiger partial charge is 0.496 e. The minimum absolute atomic E-state index is 0.127. The van der Waals surface area contributed by atoms with Crippen molar-refractivity contribution in [3.8, 4) is 11.3 Å². The zero-order valence-corrected chi connectivity index (χ0v) is 21.6. The maximum absolute atomic E-state index is 6.32. The van der Waals surface area contributed by atoms with Gasteiger partial charge in [-0.1, -0.05) is 57.2 Å². The molecule has 5 nitrogen and oxygen atoms in total. The molecule has 0 bridgehead atoms. The Morgan fingerprint density at radius 1 is 0.909 bits per heavy atom. The summed E-state index contributed by atoms with van der Waals surface area (Å²) < 4.78 is 14.8. The number of imidazole rings is 1. The van der Waals surface area contributed by atoms with E-state index in [4.69, 9.17) is 14.3 Å². The Morgan fingerprint density at radius 2 is 1.52 bits per heavy atom. The maximum atomic E-state index is 6.32. The first-order valence-electron chi connectivity index (χ1n) is 11.9. The lowest BCUT2D eigenvalue weighted by Crippen LogP contribution is -2.41. The highest BCUT2D eigenvalue weighted by atomic mass is 16.7. The number of hydrogen-bond acceptors (Lipinski definition) is 4. The van der Waals surface area contributed by atoms with E-state index in [1.54, 1.807) is 0 Å². The molecular formula is C27H38BN3O2. The van der Waals surface area contributed by atoms with Crippen LogP contribution in [0.1, 0.15) is 68.7 Å². The normalized spacial score (nSPS) is 18.2. The fourth-order valence-corrected chi connectivity index (χ4v) is 4.79. The van der Waals surface area contributed by atoms with Gasteiger partial charge in [-0.25, -0.2) is 4.98 Å². The van der Waals surface area contributed by atoms with Crippen LogP contribution in [0.2, 0.25) is 0 Å². The van der Waals surface area contributed by atoms with Crippen molar-refractivity contribution in [2.45, 2.75) is 85.5 Å². The smallest absolute Gasteiger partial charge is 0.399 e. The molecule has 0 radical (unpaired) electrons. The van der Waals surface area contributed by atoms with Gasteiger partial charge in [-0.05, 0) is 64.9 Å². The highest BCUT2D eigenvalue weighted by Crippen LogP contribution is 2.37. The molecule has 3 heterocycles. The van der Waals surface area contributed by atoms with E-state index in [0.29, 0.717) is 0 Å². The van der Waals surface area contributed by atoms with Gasteiger partial charge in [0.25, 0.3) is 0 Å². The summed E-state index contributed by atoms with van der Waals surface area (Å²) in [5, 5.41) is 3.83. The highest BCUT2D eigenvalue weighted by Gasteiger charge is 2.51. The van der Waals surface area contributed by atoms with Gasteiger partial charge in [0.05, 0.1) is 11.2 Å². The molecule has 6 heteroatoms. The number of pyridine rings is 1. The molecule has 1 saturated heterocycles. The van der Waals surface area contributed by atoms with Gasteiger partial charge in [0.2, 0.25) is 0 Å². The molecule has 1 fully saturated rings. The van der Waals surface area contributed by atoms with E-state index in [0.717, 1.165) is 34.6 Å². The molecule has 1 aliphatic rings. The number of hydrogen-bond donors (Lipinski definition) is 1. The Balaban J connectivity index is 1.81. The molecule has 0 unspecified atom stereocenters. The maximum Gasteiger partial charge on any atom is 0.496 e. The monoisotopic (exact) mass is 447 g/mol. The predicted octanol–water partition coefficient (Wildman–Crippen LogP) is 5.93. The number of anilines is 1. The molecule has 0 amide bonds. The van der Waals surface area contributed by atoms with Crippen LogP contribution in [0.4, 0.5) is 5.82 Å². The SMILES string of the molecule is CC(C)(C)CC(C)(C)Nc1c(-c2ccccc2)nc2ccc(B3OC(C)(C)C(C)(C)O3)cn12. The minimum Gasteiger partial charge on any atom is -0.399 e. The predicted molar refractivity (Wildman–Crippen MR) is 138 cm³/mol. The third kappa shape index (κ3) is 4.83. The lowest BCUT2D eigenvalue weighted by molar-refractivity contribution is 0.00578. The molecule has 33 heavy (non-hydrogen) atoms. The number of nitrogens with zero attached hydrogens (tertiary/aromatic N) is 2. The number of rotatable bonds is 5. The van der Waals surface area contributed by atoms with E-state index in [-0.39, 0.29) is 22.2 Å². The van der Waals surface area contributed by atoms with Gasteiger partial charge in [-0.3, -0.25) is 4.40 Å². The molecule has 1 aromatic carbocycles. The van der Waals surface area contributed by atoms with Crippen molar-refractivity contribution >= 4 is 24.0 Å². The van der Waals surface area contributed by atoms with Crippen LogP contribution < -0.4 is 10.8 Å². The van der Waals surface area contributed by atoms with Crippen LogP contribution in [-0.4, -0.2) is 33.2 Å². The fourth-order valence-electron chi connectivity index (χ4n) is 4.79. The summed E-state index contributed by atoms with van der Waals surface area (Å²) in [6.07, 6.45) is 3.12. The fraction of sp³-hybridized carbons (Fsp3) is 0.519. The molecule has 0 aliphatic carbocycles. The molecule has 0 saturated carbocycles. The first-order valence-corrected chi connectivity index (χ1v) is 11.9. The van der Waals surface area contributed by atoms with Crippen LogP contribution in [0, 0.1) is 5.41 Å². The van der Waals surface area contributed by atoms with E-state index >= 15 is 0 Å². The Bertz CT molecular complexity index is 1130. The zero-order valence-electron chi connectivity index (χ0n) is 21.6.